The lowest BCUT2D eigenvalue weighted by molar-refractivity contribution is 0.414. The predicted octanol–water partition coefficient (Wildman–Crippen LogP) is 3.74. The summed E-state index contributed by atoms with van der Waals surface area (Å²) in [6.45, 7) is 0.638. The Morgan fingerprint density at radius 1 is 1.16 bits per heavy atom. The van der Waals surface area contributed by atoms with Gasteiger partial charge in [0.05, 0.1) is 7.11 Å². The molecule has 0 radical (unpaired) electrons. The maximum absolute atomic E-state index is 5.92. The van der Waals surface area contributed by atoms with Gasteiger partial charge in [0, 0.05) is 10.4 Å². The fraction of sp³-hybridized carbons (Fsp3) is 0.250. The first-order valence-corrected chi connectivity index (χ1v) is 7.10. The Morgan fingerprint density at radius 3 is 2.53 bits per heavy atom. The monoisotopic (exact) mass is 319 g/mol. The van der Waals surface area contributed by atoms with Gasteiger partial charge >= 0.3 is 0 Å². The third-order valence-corrected chi connectivity index (χ3v) is 3.77. The summed E-state index contributed by atoms with van der Waals surface area (Å²) in [5, 5.41) is 0. The Bertz CT molecular complexity index is 525. The standard InChI is InChI=1S/C16H18BrNO/c1-19-16-4-2-3-12(10-16)9-14(11-18)13-5-7-15(17)8-6-13/h2-8,10,14H,9,11,18H2,1H3. The minimum Gasteiger partial charge on any atom is -0.497 e. The van der Waals surface area contributed by atoms with Crippen molar-refractivity contribution in [3.8, 4) is 5.75 Å². The van der Waals surface area contributed by atoms with Crippen LogP contribution in [0.3, 0.4) is 0 Å². The molecule has 1 atom stereocenters. The van der Waals surface area contributed by atoms with Crippen LogP contribution in [0.25, 0.3) is 0 Å². The van der Waals surface area contributed by atoms with Gasteiger partial charge in [-0.2, -0.15) is 0 Å². The molecule has 0 aliphatic heterocycles. The van der Waals surface area contributed by atoms with E-state index in [2.05, 4.69) is 52.3 Å². The van der Waals surface area contributed by atoms with Crippen LogP contribution in [-0.4, -0.2) is 13.7 Å². The summed E-state index contributed by atoms with van der Waals surface area (Å²) in [7, 11) is 1.69. The highest BCUT2D eigenvalue weighted by atomic mass is 79.9. The van der Waals surface area contributed by atoms with E-state index >= 15 is 0 Å². The van der Waals surface area contributed by atoms with Crippen molar-refractivity contribution in [2.24, 2.45) is 5.73 Å². The van der Waals surface area contributed by atoms with Crippen molar-refractivity contribution in [3.63, 3.8) is 0 Å². The average Bonchev–Trinajstić information content (AvgIpc) is 2.46. The summed E-state index contributed by atoms with van der Waals surface area (Å²) in [4.78, 5) is 0. The van der Waals surface area contributed by atoms with Crippen LogP contribution in [0.5, 0.6) is 5.75 Å². The first-order chi connectivity index (χ1) is 9.22. The van der Waals surface area contributed by atoms with Crippen LogP contribution < -0.4 is 10.5 Å². The number of ether oxygens (including phenoxy) is 1. The first kappa shape index (κ1) is 14.1. The topological polar surface area (TPSA) is 35.2 Å². The molecule has 0 aromatic heterocycles. The molecule has 0 aliphatic rings. The molecule has 2 aromatic rings. The van der Waals surface area contributed by atoms with E-state index in [0.717, 1.165) is 16.6 Å². The molecular weight excluding hydrogens is 302 g/mol. The maximum atomic E-state index is 5.92. The zero-order chi connectivity index (χ0) is 13.7. The second-order valence-corrected chi connectivity index (χ2v) is 5.46. The van der Waals surface area contributed by atoms with Crippen LogP contribution in [0.4, 0.5) is 0 Å². The van der Waals surface area contributed by atoms with Crippen LogP contribution in [0.1, 0.15) is 17.0 Å². The fourth-order valence-electron chi connectivity index (χ4n) is 2.16. The van der Waals surface area contributed by atoms with Crippen LogP contribution in [0.15, 0.2) is 53.0 Å². The SMILES string of the molecule is COc1cccc(CC(CN)c2ccc(Br)cc2)c1. The molecule has 19 heavy (non-hydrogen) atoms. The van der Waals surface area contributed by atoms with Crippen LogP contribution in [0.2, 0.25) is 0 Å². The van der Waals surface area contributed by atoms with Gasteiger partial charge in [-0.25, -0.2) is 0 Å². The Labute approximate surface area is 122 Å². The van der Waals surface area contributed by atoms with Crippen molar-refractivity contribution < 1.29 is 4.74 Å². The molecule has 2 aromatic carbocycles. The molecule has 2 rings (SSSR count). The molecule has 0 fully saturated rings. The van der Waals surface area contributed by atoms with Crippen LogP contribution >= 0.6 is 15.9 Å². The fourth-order valence-corrected chi connectivity index (χ4v) is 2.42. The number of nitrogens with two attached hydrogens (primary N) is 1. The number of methoxy groups -OCH3 is 1. The normalized spacial score (nSPS) is 12.2. The molecule has 1 unspecified atom stereocenters. The summed E-state index contributed by atoms with van der Waals surface area (Å²) in [5.74, 6) is 1.23. The largest absolute Gasteiger partial charge is 0.497 e. The third-order valence-electron chi connectivity index (χ3n) is 3.24. The molecule has 0 bridgehead atoms. The number of benzene rings is 2. The second-order valence-electron chi connectivity index (χ2n) is 4.54. The van der Waals surface area contributed by atoms with Gasteiger partial charge in [-0.3, -0.25) is 0 Å². The molecule has 0 aliphatic carbocycles. The lowest BCUT2D eigenvalue weighted by atomic mass is 9.92. The summed E-state index contributed by atoms with van der Waals surface area (Å²) in [6, 6.07) is 16.5. The number of hydrogen-bond donors (Lipinski definition) is 1. The highest BCUT2D eigenvalue weighted by molar-refractivity contribution is 9.10. The van der Waals surface area contributed by atoms with E-state index in [-0.39, 0.29) is 0 Å². The highest BCUT2D eigenvalue weighted by Crippen LogP contribution is 2.23. The quantitative estimate of drug-likeness (QED) is 0.911. The van der Waals surface area contributed by atoms with Crippen molar-refractivity contribution in [2.45, 2.75) is 12.3 Å². The average molecular weight is 320 g/mol. The van der Waals surface area contributed by atoms with Crippen LogP contribution in [0, 0.1) is 0 Å². The number of rotatable bonds is 5. The lowest BCUT2D eigenvalue weighted by Crippen LogP contribution is -2.15. The van der Waals surface area contributed by atoms with E-state index in [1.807, 2.05) is 12.1 Å². The van der Waals surface area contributed by atoms with Crippen LogP contribution in [-0.2, 0) is 6.42 Å². The Balaban J connectivity index is 2.16. The van der Waals surface area contributed by atoms with Gasteiger partial charge < -0.3 is 10.5 Å². The molecule has 2 nitrogen and oxygen atoms in total. The molecule has 0 amide bonds. The lowest BCUT2D eigenvalue weighted by Gasteiger charge is -2.16. The van der Waals surface area contributed by atoms with Crippen molar-refractivity contribution in [1.29, 1.82) is 0 Å². The van der Waals surface area contributed by atoms with Crippen molar-refractivity contribution in [1.82, 2.24) is 0 Å². The van der Waals surface area contributed by atoms with Crippen molar-refractivity contribution in [2.75, 3.05) is 13.7 Å². The molecular formula is C16H18BrNO. The molecule has 3 heteroatoms. The van der Waals surface area contributed by atoms with Gasteiger partial charge in [0.2, 0.25) is 0 Å². The Morgan fingerprint density at radius 2 is 1.89 bits per heavy atom. The van der Waals surface area contributed by atoms with Crippen molar-refractivity contribution >= 4 is 15.9 Å². The number of halogens is 1. The predicted molar refractivity (Wildman–Crippen MR) is 82.6 cm³/mol. The summed E-state index contributed by atoms with van der Waals surface area (Å²) in [6.07, 6.45) is 0.926. The van der Waals surface area contributed by atoms with E-state index < -0.39 is 0 Å². The van der Waals surface area contributed by atoms with E-state index in [9.17, 15) is 0 Å². The molecule has 0 saturated heterocycles. The van der Waals surface area contributed by atoms with E-state index in [1.165, 1.54) is 11.1 Å². The van der Waals surface area contributed by atoms with Gasteiger partial charge in [-0.1, -0.05) is 40.2 Å². The minimum atomic E-state index is 0.334. The van der Waals surface area contributed by atoms with Gasteiger partial charge in [0.25, 0.3) is 0 Å². The minimum absolute atomic E-state index is 0.334. The van der Waals surface area contributed by atoms with Gasteiger partial charge in [0.15, 0.2) is 0 Å². The molecule has 0 spiro atoms. The van der Waals surface area contributed by atoms with Crippen molar-refractivity contribution in [3.05, 3.63) is 64.1 Å². The summed E-state index contributed by atoms with van der Waals surface area (Å²) in [5.41, 5.74) is 8.44. The molecule has 100 valence electrons. The number of hydrogen-bond acceptors (Lipinski definition) is 2. The van der Waals surface area contributed by atoms with Gasteiger partial charge in [-0.05, 0) is 48.4 Å². The smallest absolute Gasteiger partial charge is 0.119 e. The highest BCUT2D eigenvalue weighted by Gasteiger charge is 2.11. The molecule has 0 saturated carbocycles. The van der Waals surface area contributed by atoms with E-state index in [1.54, 1.807) is 7.11 Å². The van der Waals surface area contributed by atoms with Gasteiger partial charge in [-0.15, -0.1) is 0 Å². The molecule has 2 N–H and O–H groups in total. The molecule has 0 heterocycles. The zero-order valence-corrected chi connectivity index (χ0v) is 12.6. The third kappa shape index (κ3) is 3.82. The summed E-state index contributed by atoms with van der Waals surface area (Å²) >= 11 is 3.45. The van der Waals surface area contributed by atoms with E-state index in [0.29, 0.717) is 12.5 Å². The Hall–Kier alpha value is -1.32. The first-order valence-electron chi connectivity index (χ1n) is 6.31. The second kappa shape index (κ2) is 6.73. The van der Waals surface area contributed by atoms with E-state index in [4.69, 9.17) is 10.5 Å². The summed E-state index contributed by atoms with van der Waals surface area (Å²) < 4.78 is 6.35. The Kier molecular flexibility index (Phi) is 5.00. The maximum Gasteiger partial charge on any atom is 0.119 e. The zero-order valence-electron chi connectivity index (χ0n) is 11.0. The van der Waals surface area contributed by atoms with Gasteiger partial charge in [0.1, 0.15) is 5.75 Å².